The van der Waals surface area contributed by atoms with Crippen LogP contribution in [0.4, 0.5) is 0 Å². The van der Waals surface area contributed by atoms with E-state index in [4.69, 9.17) is 4.74 Å². The van der Waals surface area contributed by atoms with Crippen LogP contribution in [0, 0.1) is 15.4 Å². The number of aliphatic hydroxyl groups excluding tert-OH is 1. The fourth-order valence-electron chi connectivity index (χ4n) is 4.85. The molecule has 0 saturated carbocycles. The molecule has 3 amide bonds. The Hall–Kier alpha value is -2.67. The van der Waals surface area contributed by atoms with Gasteiger partial charge < -0.3 is 30.5 Å². The first kappa shape index (κ1) is 33.5. The van der Waals surface area contributed by atoms with Gasteiger partial charge in [-0.3, -0.25) is 14.4 Å². The quantitative estimate of drug-likeness (QED) is 0.220. The van der Waals surface area contributed by atoms with Crippen molar-refractivity contribution in [2.45, 2.75) is 91.1 Å². The summed E-state index contributed by atoms with van der Waals surface area (Å²) in [5, 5.41) is 25.6. The topological polar surface area (TPSA) is 145 Å². The minimum absolute atomic E-state index is 0.0446. The zero-order valence-corrected chi connectivity index (χ0v) is 26.4. The molecule has 1 aromatic carbocycles. The molecule has 0 spiro atoms. The third kappa shape index (κ3) is 9.46. The van der Waals surface area contributed by atoms with Crippen molar-refractivity contribution >= 4 is 46.3 Å². The first-order chi connectivity index (χ1) is 18.6. The Balaban J connectivity index is 2.48. The molecule has 1 aliphatic heterocycles. The molecule has 0 radical (unpaired) electrons. The SMILES string of the molecule is CC1=C[C@H](C)C[C@H](C)OC(=O)C([C@@H](C)O)NC(=O)[C@@H](Cc2ccc(O)c(I)c2)N(C)C(=O)[C@H](C)NC(=O)[C@@H](C)C1. The second-order valence-electron chi connectivity index (χ2n) is 11.0. The minimum atomic E-state index is -1.36. The van der Waals surface area contributed by atoms with Crippen molar-refractivity contribution in [1.82, 2.24) is 15.5 Å². The predicted octanol–water partition coefficient (Wildman–Crippen LogP) is 2.68. The Morgan fingerprint density at radius 3 is 2.35 bits per heavy atom. The number of rotatable bonds is 3. The molecule has 1 heterocycles. The molecule has 7 atom stereocenters. The summed E-state index contributed by atoms with van der Waals surface area (Å²) in [6.45, 7) is 10.4. The Morgan fingerprint density at radius 1 is 1.10 bits per heavy atom. The molecule has 1 aromatic rings. The maximum absolute atomic E-state index is 13.6. The first-order valence-corrected chi connectivity index (χ1v) is 14.6. The van der Waals surface area contributed by atoms with Gasteiger partial charge in [-0.2, -0.15) is 0 Å². The standard InChI is InChI=1S/C29H42IN3O7/c1-15-10-16(2)12-18(4)40-29(39)25(20(6)34)32-27(37)23(14-21-8-9-24(35)22(30)13-21)33(7)28(38)19(5)31-26(36)17(3)11-15/h8-10,13,16-20,23,25,34-35H,11-12,14H2,1-7H3,(H,31,36)(H,32,37)/t16-,17-,18-,19-,20+,23+,25?/m0/s1. The van der Waals surface area contributed by atoms with Crippen molar-refractivity contribution in [2.24, 2.45) is 11.8 Å². The van der Waals surface area contributed by atoms with Gasteiger partial charge >= 0.3 is 5.97 Å². The summed E-state index contributed by atoms with van der Waals surface area (Å²) in [6.07, 6.45) is 1.34. The number of hydrogen-bond donors (Lipinski definition) is 4. The number of carbonyl (C=O) groups is 4. The van der Waals surface area contributed by atoms with Gasteiger partial charge in [0.2, 0.25) is 17.7 Å². The van der Waals surface area contributed by atoms with Crippen molar-refractivity contribution < 1.29 is 34.1 Å². The van der Waals surface area contributed by atoms with Crippen molar-refractivity contribution in [3.05, 3.63) is 39.0 Å². The highest BCUT2D eigenvalue weighted by molar-refractivity contribution is 14.1. The van der Waals surface area contributed by atoms with Crippen molar-refractivity contribution in [2.75, 3.05) is 7.05 Å². The van der Waals surface area contributed by atoms with Crippen LogP contribution >= 0.6 is 22.6 Å². The van der Waals surface area contributed by atoms with E-state index in [0.717, 1.165) is 5.57 Å². The van der Waals surface area contributed by atoms with Gasteiger partial charge in [0, 0.05) is 19.4 Å². The van der Waals surface area contributed by atoms with Gasteiger partial charge in [0.25, 0.3) is 0 Å². The van der Waals surface area contributed by atoms with Crippen LogP contribution in [0.15, 0.2) is 29.8 Å². The number of phenolic OH excluding ortho intramolecular Hbond substituents is 1. The molecule has 11 heteroatoms. The minimum Gasteiger partial charge on any atom is -0.507 e. The average Bonchev–Trinajstić information content (AvgIpc) is 2.85. The van der Waals surface area contributed by atoms with Crippen LogP contribution in [0.2, 0.25) is 0 Å². The maximum atomic E-state index is 13.6. The lowest BCUT2D eigenvalue weighted by molar-refractivity contribution is -0.156. The molecule has 40 heavy (non-hydrogen) atoms. The number of amides is 3. The van der Waals surface area contributed by atoms with E-state index in [1.165, 1.54) is 24.9 Å². The zero-order chi connectivity index (χ0) is 30.3. The van der Waals surface area contributed by atoms with E-state index in [1.807, 2.05) is 42.5 Å². The van der Waals surface area contributed by atoms with Gasteiger partial charge in [0.05, 0.1) is 15.8 Å². The highest BCUT2D eigenvalue weighted by Crippen LogP contribution is 2.23. The molecule has 10 nitrogen and oxygen atoms in total. The summed E-state index contributed by atoms with van der Waals surface area (Å²) >= 11 is 1.96. The fourth-order valence-corrected chi connectivity index (χ4v) is 5.43. The number of nitrogens with one attached hydrogen (secondary N) is 2. The largest absolute Gasteiger partial charge is 0.507 e. The smallest absolute Gasteiger partial charge is 0.331 e. The summed E-state index contributed by atoms with van der Waals surface area (Å²) in [4.78, 5) is 54.2. The molecule has 0 aromatic heterocycles. The molecule has 1 aliphatic rings. The van der Waals surface area contributed by atoms with Gasteiger partial charge in [-0.15, -0.1) is 0 Å². The van der Waals surface area contributed by atoms with Crippen LogP contribution in [0.1, 0.15) is 59.9 Å². The van der Waals surface area contributed by atoms with Crippen LogP contribution in [0.5, 0.6) is 5.75 Å². The van der Waals surface area contributed by atoms with Crippen LogP contribution in [0.25, 0.3) is 0 Å². The number of nitrogens with zero attached hydrogens (tertiary/aromatic N) is 1. The van der Waals surface area contributed by atoms with Gasteiger partial charge in [0.15, 0.2) is 6.04 Å². The number of carbonyl (C=O) groups excluding carboxylic acids is 4. The Kier molecular flexibility index (Phi) is 12.4. The number of benzene rings is 1. The summed E-state index contributed by atoms with van der Waals surface area (Å²) in [7, 11) is 1.45. The van der Waals surface area contributed by atoms with E-state index < -0.39 is 48.1 Å². The molecule has 1 unspecified atom stereocenters. The number of hydrogen-bond acceptors (Lipinski definition) is 7. The summed E-state index contributed by atoms with van der Waals surface area (Å²) < 4.78 is 6.16. The molecular weight excluding hydrogens is 629 g/mol. The molecule has 2 rings (SSSR count). The van der Waals surface area contributed by atoms with Crippen molar-refractivity contribution in [3.63, 3.8) is 0 Å². The second-order valence-corrected chi connectivity index (χ2v) is 12.2. The zero-order valence-electron chi connectivity index (χ0n) is 24.2. The van der Waals surface area contributed by atoms with E-state index in [9.17, 15) is 29.4 Å². The number of halogens is 1. The van der Waals surface area contributed by atoms with Gasteiger partial charge in [-0.25, -0.2) is 4.79 Å². The molecule has 0 bridgehead atoms. The summed E-state index contributed by atoms with van der Waals surface area (Å²) in [5.74, 6) is -2.48. The first-order valence-electron chi connectivity index (χ1n) is 13.5. The highest BCUT2D eigenvalue weighted by Gasteiger charge is 2.35. The Labute approximate surface area is 250 Å². The molecule has 222 valence electrons. The van der Waals surface area contributed by atoms with Crippen molar-refractivity contribution in [1.29, 1.82) is 0 Å². The lowest BCUT2D eigenvalue weighted by atomic mass is 9.95. The number of aromatic hydroxyl groups is 1. The van der Waals surface area contributed by atoms with Gasteiger partial charge in [-0.05, 0) is 86.7 Å². The number of aliphatic hydroxyl groups is 1. The maximum Gasteiger partial charge on any atom is 0.331 e. The van der Waals surface area contributed by atoms with E-state index in [1.54, 1.807) is 32.9 Å². The van der Waals surface area contributed by atoms with Gasteiger partial charge in [0.1, 0.15) is 17.8 Å². The molecule has 0 aliphatic carbocycles. The monoisotopic (exact) mass is 671 g/mol. The fraction of sp³-hybridized carbons (Fsp3) is 0.586. The van der Waals surface area contributed by atoms with Gasteiger partial charge in [-0.1, -0.05) is 31.6 Å². The molecule has 0 fully saturated rings. The van der Waals surface area contributed by atoms with E-state index in [0.29, 0.717) is 22.0 Å². The Bertz CT molecular complexity index is 1120. The summed E-state index contributed by atoms with van der Waals surface area (Å²) in [6, 6.07) is 1.46. The number of likely N-dealkylation sites (N-methyl/N-ethyl adjacent to an activating group) is 1. The predicted molar refractivity (Wildman–Crippen MR) is 159 cm³/mol. The van der Waals surface area contributed by atoms with Crippen LogP contribution in [-0.4, -0.2) is 76.2 Å². The average molecular weight is 672 g/mol. The van der Waals surface area contributed by atoms with Crippen LogP contribution in [-0.2, 0) is 30.3 Å². The highest BCUT2D eigenvalue weighted by atomic mass is 127. The van der Waals surface area contributed by atoms with Crippen molar-refractivity contribution in [3.8, 4) is 5.75 Å². The molecule has 0 saturated heterocycles. The van der Waals surface area contributed by atoms with Crippen LogP contribution < -0.4 is 10.6 Å². The lowest BCUT2D eigenvalue weighted by Gasteiger charge is -2.32. The number of phenols is 1. The van der Waals surface area contributed by atoms with E-state index >= 15 is 0 Å². The lowest BCUT2D eigenvalue weighted by Crippen LogP contribution is -2.58. The molecular formula is C29H42IN3O7. The van der Waals surface area contributed by atoms with E-state index in [-0.39, 0.29) is 29.9 Å². The number of ether oxygens (including phenoxy) is 1. The molecule has 4 N–H and O–H groups in total. The number of allylic oxidation sites excluding steroid dienone is 2. The third-order valence-electron chi connectivity index (χ3n) is 6.99. The normalized spacial score (nSPS) is 28.9. The van der Waals surface area contributed by atoms with Crippen LogP contribution in [0.3, 0.4) is 0 Å². The van der Waals surface area contributed by atoms with E-state index in [2.05, 4.69) is 10.6 Å². The Morgan fingerprint density at radius 2 is 1.75 bits per heavy atom. The number of esters is 1. The summed E-state index contributed by atoms with van der Waals surface area (Å²) in [5.41, 5.74) is 1.67. The number of cyclic esters (lactones) is 1. The second kappa shape index (κ2) is 14.8. The third-order valence-corrected chi connectivity index (χ3v) is 7.85.